The number of rotatable bonds is 6. The lowest BCUT2D eigenvalue weighted by Gasteiger charge is -2.22. The van der Waals surface area contributed by atoms with Crippen molar-refractivity contribution in [1.82, 2.24) is 5.32 Å². The minimum atomic E-state index is -0.507. The van der Waals surface area contributed by atoms with Gasteiger partial charge in [-0.1, -0.05) is 19.3 Å². The summed E-state index contributed by atoms with van der Waals surface area (Å²) in [6.45, 7) is 0. The molecule has 1 fully saturated rings. The molecule has 1 aromatic heterocycles. The summed E-state index contributed by atoms with van der Waals surface area (Å²) in [6, 6.07) is 9.50. The van der Waals surface area contributed by atoms with Crippen LogP contribution in [-0.2, 0) is 4.79 Å². The standard InChI is InChI=1S/C21H21N3O5/c1-28-20-12-16(24(26)27)7-9-18(20)19-10-8-17(29-19)11-14(13-22)21(25)23-15-5-3-2-4-6-15/h7-12,15H,2-6H2,1H3,(H,23,25). The lowest BCUT2D eigenvalue weighted by molar-refractivity contribution is -0.384. The number of carbonyl (C=O) groups excluding carboxylic acids is 1. The summed E-state index contributed by atoms with van der Waals surface area (Å²) in [6.07, 6.45) is 6.57. The lowest BCUT2D eigenvalue weighted by atomic mass is 9.95. The number of benzene rings is 1. The Kier molecular flexibility index (Phi) is 6.29. The molecular weight excluding hydrogens is 374 g/mol. The third-order valence-corrected chi connectivity index (χ3v) is 4.88. The van der Waals surface area contributed by atoms with E-state index in [1.54, 1.807) is 12.1 Å². The summed E-state index contributed by atoms with van der Waals surface area (Å²) < 4.78 is 11.0. The molecule has 0 saturated heterocycles. The molecule has 0 bridgehead atoms. The summed E-state index contributed by atoms with van der Waals surface area (Å²) in [5, 5.41) is 23.2. The summed E-state index contributed by atoms with van der Waals surface area (Å²) in [5.41, 5.74) is 0.401. The first-order valence-corrected chi connectivity index (χ1v) is 9.37. The van der Waals surface area contributed by atoms with Gasteiger partial charge < -0.3 is 14.5 Å². The Morgan fingerprint density at radius 1 is 1.31 bits per heavy atom. The molecule has 8 nitrogen and oxygen atoms in total. The number of furan rings is 1. The zero-order chi connectivity index (χ0) is 20.8. The fraction of sp³-hybridized carbons (Fsp3) is 0.333. The monoisotopic (exact) mass is 395 g/mol. The smallest absolute Gasteiger partial charge is 0.273 e. The van der Waals surface area contributed by atoms with E-state index < -0.39 is 10.8 Å². The Balaban J connectivity index is 1.80. The second-order valence-corrected chi connectivity index (χ2v) is 6.82. The highest BCUT2D eigenvalue weighted by atomic mass is 16.6. The van der Waals surface area contributed by atoms with E-state index in [0.29, 0.717) is 22.8 Å². The maximum absolute atomic E-state index is 12.4. The maximum Gasteiger partial charge on any atom is 0.273 e. The highest BCUT2D eigenvalue weighted by molar-refractivity contribution is 6.01. The fourth-order valence-corrected chi connectivity index (χ4v) is 3.37. The van der Waals surface area contributed by atoms with Gasteiger partial charge in [0.1, 0.15) is 28.9 Å². The summed E-state index contributed by atoms with van der Waals surface area (Å²) in [5.74, 6) is 0.619. The molecule has 150 valence electrons. The van der Waals surface area contributed by atoms with Crippen molar-refractivity contribution in [1.29, 1.82) is 5.26 Å². The number of nitrogens with one attached hydrogen (secondary N) is 1. The first-order chi connectivity index (χ1) is 14.0. The van der Waals surface area contributed by atoms with Gasteiger partial charge in [-0.15, -0.1) is 0 Å². The van der Waals surface area contributed by atoms with Crippen molar-refractivity contribution < 1.29 is 18.9 Å². The van der Waals surface area contributed by atoms with Gasteiger partial charge in [-0.05, 0) is 31.0 Å². The van der Waals surface area contributed by atoms with Crippen molar-refractivity contribution in [3.63, 3.8) is 0 Å². The molecule has 1 aromatic carbocycles. The van der Waals surface area contributed by atoms with Gasteiger partial charge in [-0.25, -0.2) is 0 Å². The van der Waals surface area contributed by atoms with E-state index in [1.165, 1.54) is 37.8 Å². The van der Waals surface area contributed by atoms with Gasteiger partial charge in [-0.2, -0.15) is 5.26 Å². The van der Waals surface area contributed by atoms with Crippen LogP contribution in [0.25, 0.3) is 17.4 Å². The number of amides is 1. The molecule has 3 rings (SSSR count). The van der Waals surface area contributed by atoms with E-state index >= 15 is 0 Å². The number of nitro groups is 1. The second-order valence-electron chi connectivity index (χ2n) is 6.82. The normalized spacial score (nSPS) is 14.8. The zero-order valence-corrected chi connectivity index (χ0v) is 16.0. The van der Waals surface area contributed by atoms with Crippen LogP contribution in [0.4, 0.5) is 5.69 Å². The van der Waals surface area contributed by atoms with E-state index in [0.717, 1.165) is 25.7 Å². The number of methoxy groups -OCH3 is 1. The van der Waals surface area contributed by atoms with Gasteiger partial charge in [0.15, 0.2) is 0 Å². The van der Waals surface area contributed by atoms with Crippen LogP contribution in [0.1, 0.15) is 37.9 Å². The molecule has 1 amide bonds. The number of carbonyl (C=O) groups is 1. The summed E-state index contributed by atoms with van der Waals surface area (Å²) in [7, 11) is 1.41. The zero-order valence-electron chi connectivity index (χ0n) is 16.0. The molecule has 0 unspecified atom stereocenters. The number of nitrogens with zero attached hydrogens (tertiary/aromatic N) is 2. The van der Waals surface area contributed by atoms with Gasteiger partial charge in [0.05, 0.1) is 23.7 Å². The second kappa shape index (κ2) is 9.06. The predicted octanol–water partition coefficient (Wildman–Crippen LogP) is 4.22. The largest absolute Gasteiger partial charge is 0.496 e. The Hall–Kier alpha value is -3.60. The topological polar surface area (TPSA) is 118 Å². The van der Waals surface area contributed by atoms with Crippen LogP contribution in [0, 0.1) is 21.4 Å². The van der Waals surface area contributed by atoms with Crippen LogP contribution < -0.4 is 10.1 Å². The van der Waals surface area contributed by atoms with Crippen molar-refractivity contribution in [3.05, 3.63) is 51.8 Å². The number of ether oxygens (including phenoxy) is 1. The minimum Gasteiger partial charge on any atom is -0.496 e. The molecule has 2 aromatic rings. The molecule has 1 N–H and O–H groups in total. The molecule has 0 atom stereocenters. The molecule has 1 heterocycles. The molecule has 29 heavy (non-hydrogen) atoms. The first-order valence-electron chi connectivity index (χ1n) is 9.37. The van der Waals surface area contributed by atoms with E-state index in [-0.39, 0.29) is 17.3 Å². The third kappa shape index (κ3) is 4.82. The van der Waals surface area contributed by atoms with Gasteiger partial charge in [0.25, 0.3) is 11.6 Å². The van der Waals surface area contributed by atoms with Gasteiger partial charge in [-0.3, -0.25) is 14.9 Å². The van der Waals surface area contributed by atoms with Crippen LogP contribution in [0.2, 0.25) is 0 Å². The number of nitriles is 1. The Labute approximate surface area is 167 Å². The first kappa shape index (κ1) is 20.1. The number of non-ortho nitro benzene ring substituents is 1. The molecule has 1 aliphatic carbocycles. The molecule has 0 aliphatic heterocycles. The van der Waals surface area contributed by atoms with Gasteiger partial charge in [0.2, 0.25) is 0 Å². The Morgan fingerprint density at radius 3 is 2.72 bits per heavy atom. The van der Waals surface area contributed by atoms with E-state index in [9.17, 15) is 20.2 Å². The SMILES string of the molecule is COc1cc([N+](=O)[O-])ccc1-c1ccc(C=C(C#N)C(=O)NC2CCCCC2)o1. The molecular formula is C21H21N3O5. The van der Waals surface area contributed by atoms with Crippen LogP contribution >= 0.6 is 0 Å². The number of nitro benzene ring substituents is 1. The minimum absolute atomic E-state index is 0.0351. The molecule has 0 spiro atoms. The molecule has 0 radical (unpaired) electrons. The highest BCUT2D eigenvalue weighted by Crippen LogP contribution is 2.34. The molecule has 1 aliphatic rings. The van der Waals surface area contributed by atoms with Gasteiger partial charge in [0, 0.05) is 18.2 Å². The molecule has 8 heteroatoms. The average Bonchev–Trinajstić information content (AvgIpc) is 3.20. The number of hydrogen-bond donors (Lipinski definition) is 1. The van der Waals surface area contributed by atoms with Gasteiger partial charge >= 0.3 is 0 Å². The van der Waals surface area contributed by atoms with Crippen molar-refractivity contribution in [2.75, 3.05) is 7.11 Å². The van der Waals surface area contributed by atoms with Crippen molar-refractivity contribution in [2.45, 2.75) is 38.1 Å². The predicted molar refractivity (Wildman–Crippen MR) is 106 cm³/mol. The van der Waals surface area contributed by atoms with Crippen LogP contribution in [0.5, 0.6) is 5.75 Å². The number of hydrogen-bond acceptors (Lipinski definition) is 6. The van der Waals surface area contributed by atoms with Crippen LogP contribution in [0.15, 0.2) is 40.3 Å². The third-order valence-electron chi connectivity index (χ3n) is 4.88. The van der Waals surface area contributed by atoms with Crippen molar-refractivity contribution in [3.8, 4) is 23.1 Å². The summed E-state index contributed by atoms with van der Waals surface area (Å²) in [4.78, 5) is 22.8. The Morgan fingerprint density at radius 2 is 2.07 bits per heavy atom. The van der Waals surface area contributed by atoms with E-state index in [4.69, 9.17) is 9.15 Å². The van der Waals surface area contributed by atoms with Crippen LogP contribution in [0.3, 0.4) is 0 Å². The molecule has 1 saturated carbocycles. The highest BCUT2D eigenvalue weighted by Gasteiger charge is 2.19. The van der Waals surface area contributed by atoms with Crippen molar-refractivity contribution in [2.24, 2.45) is 0 Å². The lowest BCUT2D eigenvalue weighted by Crippen LogP contribution is -2.36. The van der Waals surface area contributed by atoms with E-state index in [2.05, 4.69) is 5.32 Å². The van der Waals surface area contributed by atoms with Crippen LogP contribution in [-0.4, -0.2) is 24.0 Å². The maximum atomic E-state index is 12.4. The van der Waals surface area contributed by atoms with Crippen molar-refractivity contribution >= 4 is 17.7 Å². The fourth-order valence-electron chi connectivity index (χ4n) is 3.37. The quantitative estimate of drug-likeness (QED) is 0.338. The average molecular weight is 395 g/mol. The van der Waals surface area contributed by atoms with E-state index in [1.807, 2.05) is 6.07 Å². The Bertz CT molecular complexity index is 980. The summed E-state index contributed by atoms with van der Waals surface area (Å²) >= 11 is 0.